The van der Waals surface area contributed by atoms with Crippen LogP contribution >= 0.6 is 0 Å². The number of nitrogens with one attached hydrogen (secondary N) is 1. The normalized spacial score (nSPS) is 26.9. The Morgan fingerprint density at radius 2 is 1.76 bits per heavy atom. The molecule has 2 aliphatic carbocycles. The number of amides is 1. The van der Waals surface area contributed by atoms with Gasteiger partial charge >= 0.3 is 0 Å². The summed E-state index contributed by atoms with van der Waals surface area (Å²) in [5.74, 6) is -4.74. The third kappa shape index (κ3) is 5.67. The number of Topliss-reactive ketones (excluding diaryl/α,β-unsaturated/α-hetero) is 2. The van der Waals surface area contributed by atoms with Gasteiger partial charge in [-0.3, -0.25) is 19.2 Å². The Morgan fingerprint density at radius 1 is 1.07 bits per heavy atom. The number of aliphatic hydroxyl groups excluding tert-OH is 2. The Balaban J connectivity index is 1.57. The van der Waals surface area contributed by atoms with Crippen molar-refractivity contribution < 1.29 is 63.7 Å². The zero-order valence-electron chi connectivity index (χ0n) is 25.4. The number of hydrogen-bond donors (Lipinski definition) is 6. The third-order valence-electron chi connectivity index (χ3n) is 8.81. The largest absolute Gasteiger partial charge is 0.507 e. The molecule has 1 fully saturated rings. The van der Waals surface area contributed by atoms with E-state index in [0.29, 0.717) is 0 Å². The number of fused-ring (bicyclic) bond motifs is 3. The number of rotatable bonds is 9. The fourth-order valence-corrected chi connectivity index (χ4v) is 6.43. The molecule has 0 bridgehead atoms. The summed E-state index contributed by atoms with van der Waals surface area (Å²) in [5.41, 5.74) is -4.02. The van der Waals surface area contributed by atoms with Crippen LogP contribution in [0.3, 0.4) is 0 Å². The van der Waals surface area contributed by atoms with E-state index in [1.54, 1.807) is 0 Å². The summed E-state index contributed by atoms with van der Waals surface area (Å²) in [6.07, 6.45) is -6.18. The minimum atomic E-state index is -2.33. The van der Waals surface area contributed by atoms with Gasteiger partial charge in [-0.2, -0.15) is 0 Å². The van der Waals surface area contributed by atoms with Crippen LogP contribution in [0.4, 0.5) is 0 Å². The average Bonchev–Trinajstić information content (AvgIpc) is 3.01. The number of hydrogen-bond acceptors (Lipinski definition) is 13. The number of phenolic OH excluding ortho intramolecular Hbond substituents is 2. The molecule has 14 heteroatoms. The SMILES string of the molecule is COc1cccc2c1C(=O)c1c(O)c3c(c(O)c1C2=O)C[C@@](O)(C(=O)CO)C[C@@H]3OC1C[C@H](NC(=O)CCC(C)=O)[C@H](O)[C@H](C)O1. The summed E-state index contributed by atoms with van der Waals surface area (Å²) in [7, 11) is 1.30. The number of benzene rings is 2. The highest BCUT2D eigenvalue weighted by molar-refractivity contribution is 6.31. The lowest BCUT2D eigenvalue weighted by Gasteiger charge is -2.43. The number of carbonyl (C=O) groups excluding carboxylic acids is 5. The highest BCUT2D eigenvalue weighted by Crippen LogP contribution is 2.52. The molecule has 6 N–H and O–H groups in total. The molecule has 0 saturated carbocycles. The van der Waals surface area contributed by atoms with E-state index < -0.39 is 102 Å². The van der Waals surface area contributed by atoms with E-state index in [0.717, 1.165) is 0 Å². The smallest absolute Gasteiger partial charge is 0.220 e. The summed E-state index contributed by atoms with van der Waals surface area (Å²) in [5, 5.41) is 57.5. The second-order valence-electron chi connectivity index (χ2n) is 11.9. The van der Waals surface area contributed by atoms with E-state index in [2.05, 4.69) is 5.32 Å². The van der Waals surface area contributed by atoms with Gasteiger partial charge in [0.15, 0.2) is 17.9 Å². The molecule has 1 aliphatic heterocycles. The number of methoxy groups -OCH3 is 1. The van der Waals surface area contributed by atoms with E-state index in [1.807, 2.05) is 0 Å². The van der Waals surface area contributed by atoms with Gasteiger partial charge < -0.3 is 49.9 Å². The van der Waals surface area contributed by atoms with Gasteiger partial charge in [-0.1, -0.05) is 12.1 Å². The number of aliphatic hydroxyl groups is 3. The summed E-state index contributed by atoms with van der Waals surface area (Å²) in [6.45, 7) is 1.79. The maximum absolute atomic E-state index is 13.8. The topological polar surface area (TPSA) is 226 Å². The number of ketones is 4. The third-order valence-corrected chi connectivity index (χ3v) is 8.81. The fourth-order valence-electron chi connectivity index (χ4n) is 6.43. The van der Waals surface area contributed by atoms with Crippen molar-refractivity contribution in [2.45, 2.75) is 82.2 Å². The monoisotopic (exact) mass is 641 g/mol. The molecule has 2 aromatic rings. The molecule has 2 aromatic carbocycles. The molecule has 0 radical (unpaired) electrons. The van der Waals surface area contributed by atoms with Crippen molar-refractivity contribution in [3.63, 3.8) is 0 Å². The molecule has 1 saturated heterocycles. The summed E-state index contributed by atoms with van der Waals surface area (Å²) in [4.78, 5) is 64.0. The summed E-state index contributed by atoms with van der Waals surface area (Å²) in [6, 6.07) is 3.40. The van der Waals surface area contributed by atoms with E-state index >= 15 is 0 Å². The van der Waals surface area contributed by atoms with Crippen molar-refractivity contribution in [3.05, 3.63) is 51.6 Å². The minimum Gasteiger partial charge on any atom is -0.507 e. The van der Waals surface area contributed by atoms with Crippen LogP contribution in [0.25, 0.3) is 0 Å². The van der Waals surface area contributed by atoms with Gasteiger partial charge in [0, 0.05) is 48.8 Å². The molecule has 3 aliphatic rings. The van der Waals surface area contributed by atoms with Gasteiger partial charge in [-0.15, -0.1) is 0 Å². The van der Waals surface area contributed by atoms with Gasteiger partial charge in [-0.25, -0.2) is 0 Å². The molecule has 1 amide bonds. The number of carbonyl (C=O) groups is 5. The lowest BCUT2D eigenvalue weighted by Crippen LogP contribution is -2.55. The van der Waals surface area contributed by atoms with Crippen LogP contribution < -0.4 is 10.1 Å². The van der Waals surface area contributed by atoms with E-state index in [9.17, 15) is 49.5 Å². The van der Waals surface area contributed by atoms with Crippen LogP contribution in [0.1, 0.15) is 88.6 Å². The van der Waals surface area contributed by atoms with Gasteiger partial charge in [0.2, 0.25) is 11.7 Å². The number of aromatic hydroxyl groups is 2. The molecule has 0 spiro atoms. The molecule has 1 heterocycles. The van der Waals surface area contributed by atoms with Crippen molar-refractivity contribution in [2.24, 2.45) is 0 Å². The first-order valence-electron chi connectivity index (χ1n) is 14.7. The van der Waals surface area contributed by atoms with E-state index in [1.165, 1.54) is 39.2 Å². The Bertz CT molecular complexity index is 1630. The summed E-state index contributed by atoms with van der Waals surface area (Å²) >= 11 is 0. The van der Waals surface area contributed by atoms with Gasteiger partial charge in [0.25, 0.3) is 0 Å². The minimum absolute atomic E-state index is 0.00161. The first-order valence-corrected chi connectivity index (χ1v) is 14.7. The zero-order chi connectivity index (χ0) is 33.7. The van der Waals surface area contributed by atoms with Crippen LogP contribution in [-0.4, -0.2) is 98.4 Å². The van der Waals surface area contributed by atoms with E-state index in [4.69, 9.17) is 14.2 Å². The highest BCUT2D eigenvalue weighted by Gasteiger charge is 2.50. The maximum atomic E-state index is 13.8. The Labute approximate surface area is 262 Å². The van der Waals surface area contributed by atoms with Crippen LogP contribution in [0.2, 0.25) is 0 Å². The number of phenols is 2. The molecule has 0 aromatic heterocycles. The van der Waals surface area contributed by atoms with Crippen molar-refractivity contribution in [3.8, 4) is 17.2 Å². The van der Waals surface area contributed by atoms with Crippen LogP contribution in [0, 0.1) is 0 Å². The maximum Gasteiger partial charge on any atom is 0.220 e. The van der Waals surface area contributed by atoms with Crippen molar-refractivity contribution in [2.75, 3.05) is 13.7 Å². The predicted octanol–water partition coefficient (Wildman–Crippen LogP) is 0.528. The van der Waals surface area contributed by atoms with Crippen molar-refractivity contribution in [1.82, 2.24) is 5.32 Å². The van der Waals surface area contributed by atoms with E-state index in [-0.39, 0.29) is 53.0 Å². The molecule has 246 valence electrons. The van der Waals surface area contributed by atoms with Gasteiger partial charge in [0.1, 0.15) is 41.3 Å². The van der Waals surface area contributed by atoms with Crippen molar-refractivity contribution in [1.29, 1.82) is 0 Å². The molecule has 14 nitrogen and oxygen atoms in total. The highest BCUT2D eigenvalue weighted by atomic mass is 16.7. The zero-order valence-corrected chi connectivity index (χ0v) is 25.4. The molecular formula is C32H35NO13. The fraction of sp³-hybridized carbons (Fsp3) is 0.469. The molecule has 1 unspecified atom stereocenters. The Hall–Kier alpha value is -4.21. The molecule has 46 heavy (non-hydrogen) atoms. The Morgan fingerprint density at radius 3 is 2.41 bits per heavy atom. The Kier molecular flexibility index (Phi) is 9.03. The first kappa shape index (κ1) is 33.2. The van der Waals surface area contributed by atoms with Gasteiger partial charge in [0.05, 0.1) is 42.0 Å². The standard InChI is InChI=1S/C32H35NO13/c1-13(35)7-8-21(37)33-17-9-22(45-14(2)27(17)38)46-19-11-32(43,20(36)12-34)10-16-24(19)31(42)26-25(29(16)40)28(39)15-5-4-6-18(44-3)23(15)30(26)41/h4-6,14,17,19,22,27,34,38,40,42-43H,7-12H2,1-3H3,(H,33,37)/t14-,17-,19-,22?,27+,32-/m0/s1. The van der Waals surface area contributed by atoms with Gasteiger partial charge in [-0.05, 0) is 19.9 Å². The second kappa shape index (κ2) is 12.5. The second-order valence-corrected chi connectivity index (χ2v) is 11.9. The van der Waals surface area contributed by atoms with Crippen LogP contribution in [-0.2, 0) is 30.3 Å². The lowest BCUT2D eigenvalue weighted by molar-refractivity contribution is -0.249. The van der Waals surface area contributed by atoms with Crippen LogP contribution in [0.15, 0.2) is 18.2 Å². The van der Waals surface area contributed by atoms with Crippen molar-refractivity contribution >= 4 is 29.0 Å². The quantitative estimate of drug-likeness (QED) is 0.176. The lowest BCUT2D eigenvalue weighted by atomic mass is 9.72. The average molecular weight is 642 g/mol. The molecule has 6 atom stereocenters. The molecule has 5 rings (SSSR count). The van der Waals surface area contributed by atoms with Crippen LogP contribution in [0.5, 0.6) is 17.2 Å². The summed E-state index contributed by atoms with van der Waals surface area (Å²) < 4.78 is 17.2. The number of ether oxygens (including phenoxy) is 3. The first-order chi connectivity index (χ1) is 21.7. The predicted molar refractivity (Wildman–Crippen MR) is 156 cm³/mol. The molecular weight excluding hydrogens is 606 g/mol.